The van der Waals surface area contributed by atoms with Crippen LogP contribution in [0.3, 0.4) is 0 Å². The predicted molar refractivity (Wildman–Crippen MR) is 105 cm³/mol. The lowest BCUT2D eigenvalue weighted by Gasteiger charge is -1.98. The van der Waals surface area contributed by atoms with Gasteiger partial charge in [-0.3, -0.25) is 0 Å². The predicted octanol–water partition coefficient (Wildman–Crippen LogP) is 6.46. The number of aliphatic hydroxyl groups is 1. The normalized spacial score (nSPS) is 14.7. The van der Waals surface area contributed by atoms with Crippen molar-refractivity contribution in [2.24, 2.45) is 0 Å². The molecule has 0 aliphatic heterocycles. The van der Waals surface area contributed by atoms with Gasteiger partial charge in [-0.1, -0.05) is 93.2 Å². The molecule has 0 rings (SSSR count). The number of rotatable bonds is 13. The quantitative estimate of drug-likeness (QED) is 0.306. The summed E-state index contributed by atoms with van der Waals surface area (Å²) in [6.45, 7) is 4.29. The highest BCUT2D eigenvalue weighted by Gasteiger charge is 1.92. The third-order valence-electron chi connectivity index (χ3n) is 3.13. The van der Waals surface area contributed by atoms with Gasteiger partial charge in [-0.15, -0.1) is 0 Å². The highest BCUT2D eigenvalue weighted by atomic mass is 16.3. The lowest BCUT2D eigenvalue weighted by molar-refractivity contribution is 0.227. The van der Waals surface area contributed by atoms with Crippen molar-refractivity contribution in [2.45, 2.75) is 64.9 Å². The third kappa shape index (κ3) is 18.4. The molecule has 0 aromatic rings. The molecule has 0 aliphatic carbocycles. The first-order valence-corrected chi connectivity index (χ1v) is 8.92. The molecule has 1 nitrogen and oxygen atoms in total. The summed E-state index contributed by atoms with van der Waals surface area (Å²) in [6.07, 6.45) is 31.9. The Morgan fingerprint density at radius 3 is 1.91 bits per heavy atom. The largest absolute Gasteiger partial charge is 0.389 e. The highest BCUT2D eigenvalue weighted by molar-refractivity contribution is 5.08. The Balaban J connectivity index is 3.65. The lowest BCUT2D eigenvalue weighted by Crippen LogP contribution is -1.98. The smallest absolute Gasteiger partial charge is 0.0758 e. The summed E-state index contributed by atoms with van der Waals surface area (Å²) < 4.78 is 0. The summed E-state index contributed by atoms with van der Waals surface area (Å²) in [7, 11) is 0. The second-order valence-electron chi connectivity index (χ2n) is 5.41. The van der Waals surface area contributed by atoms with Gasteiger partial charge in [-0.05, 0) is 38.5 Å². The Bertz CT molecular complexity index is 408. The second-order valence-corrected chi connectivity index (χ2v) is 5.41. The van der Waals surface area contributed by atoms with Gasteiger partial charge in [-0.2, -0.15) is 0 Å². The Morgan fingerprint density at radius 2 is 1.30 bits per heavy atom. The van der Waals surface area contributed by atoms with Gasteiger partial charge in [0.2, 0.25) is 0 Å². The fourth-order valence-corrected chi connectivity index (χ4v) is 1.83. The average molecular weight is 315 g/mol. The molecule has 0 saturated heterocycles. The van der Waals surface area contributed by atoms with E-state index in [2.05, 4.69) is 62.5 Å². The van der Waals surface area contributed by atoms with E-state index in [0.717, 1.165) is 25.7 Å². The van der Waals surface area contributed by atoms with Gasteiger partial charge in [0.05, 0.1) is 6.10 Å². The van der Waals surface area contributed by atoms with Crippen molar-refractivity contribution in [2.75, 3.05) is 0 Å². The van der Waals surface area contributed by atoms with E-state index in [1.54, 1.807) is 0 Å². The minimum atomic E-state index is -0.380. The summed E-state index contributed by atoms with van der Waals surface area (Å²) >= 11 is 0. The van der Waals surface area contributed by atoms with E-state index in [9.17, 15) is 5.11 Å². The third-order valence-corrected chi connectivity index (χ3v) is 3.13. The fourth-order valence-electron chi connectivity index (χ4n) is 1.83. The number of hydrogen-bond acceptors (Lipinski definition) is 1. The first-order valence-electron chi connectivity index (χ1n) is 8.92. The SMILES string of the molecule is CC/C=C\C[C@@H](O)/C=C/C=C\C/C=C\C/C=C\C/C=C\CCC. The van der Waals surface area contributed by atoms with Crippen molar-refractivity contribution in [1.82, 2.24) is 0 Å². The lowest BCUT2D eigenvalue weighted by atomic mass is 10.2. The Kier molecular flexibility index (Phi) is 17.2. The van der Waals surface area contributed by atoms with Crippen LogP contribution in [0, 0.1) is 0 Å². The van der Waals surface area contributed by atoms with Gasteiger partial charge < -0.3 is 5.11 Å². The summed E-state index contributed by atoms with van der Waals surface area (Å²) in [6, 6.07) is 0. The maximum atomic E-state index is 9.67. The van der Waals surface area contributed by atoms with Crippen molar-refractivity contribution in [3.63, 3.8) is 0 Å². The van der Waals surface area contributed by atoms with Crippen LogP contribution in [0.1, 0.15) is 58.8 Å². The zero-order valence-electron chi connectivity index (χ0n) is 14.9. The molecule has 0 aromatic carbocycles. The Morgan fingerprint density at radius 1 is 0.696 bits per heavy atom. The molecule has 0 amide bonds. The average Bonchev–Trinajstić information content (AvgIpc) is 2.55. The Hall–Kier alpha value is -1.60. The van der Waals surface area contributed by atoms with E-state index in [1.165, 1.54) is 12.8 Å². The maximum absolute atomic E-state index is 9.67. The summed E-state index contributed by atoms with van der Waals surface area (Å²) in [5.41, 5.74) is 0. The van der Waals surface area contributed by atoms with Crippen LogP contribution in [-0.2, 0) is 0 Å². The molecule has 0 fully saturated rings. The van der Waals surface area contributed by atoms with Crippen LogP contribution in [0.25, 0.3) is 0 Å². The topological polar surface area (TPSA) is 20.2 Å². The molecule has 0 unspecified atom stereocenters. The van der Waals surface area contributed by atoms with Gasteiger partial charge in [-0.25, -0.2) is 0 Å². The number of allylic oxidation sites excluding steroid dienone is 10. The number of unbranched alkanes of at least 4 members (excludes halogenated alkanes) is 1. The van der Waals surface area contributed by atoms with Crippen molar-refractivity contribution >= 4 is 0 Å². The van der Waals surface area contributed by atoms with Gasteiger partial charge >= 0.3 is 0 Å². The summed E-state index contributed by atoms with van der Waals surface area (Å²) in [5.74, 6) is 0. The van der Waals surface area contributed by atoms with Crippen molar-refractivity contribution in [1.29, 1.82) is 0 Å². The van der Waals surface area contributed by atoms with Crippen molar-refractivity contribution < 1.29 is 5.11 Å². The van der Waals surface area contributed by atoms with E-state index < -0.39 is 0 Å². The highest BCUT2D eigenvalue weighted by Crippen LogP contribution is 1.98. The van der Waals surface area contributed by atoms with Crippen LogP contribution in [0.15, 0.2) is 72.9 Å². The minimum absolute atomic E-state index is 0.380. The number of aliphatic hydroxyl groups excluding tert-OH is 1. The van der Waals surface area contributed by atoms with E-state index in [-0.39, 0.29) is 6.10 Å². The van der Waals surface area contributed by atoms with Crippen molar-refractivity contribution in [3.8, 4) is 0 Å². The molecule has 1 atom stereocenters. The van der Waals surface area contributed by atoms with Gasteiger partial charge in [0.15, 0.2) is 0 Å². The van der Waals surface area contributed by atoms with E-state index >= 15 is 0 Å². The molecule has 0 heterocycles. The molecular weight excluding hydrogens is 280 g/mol. The van der Waals surface area contributed by atoms with Crippen LogP contribution in [0.5, 0.6) is 0 Å². The van der Waals surface area contributed by atoms with E-state index in [4.69, 9.17) is 0 Å². The minimum Gasteiger partial charge on any atom is -0.389 e. The standard InChI is InChI=1S/C22H34O/c1-3-5-7-8-9-10-11-12-13-14-15-16-17-19-21-22(23)20-18-6-4-2/h6-8,10-11,13-14,16-19,21-23H,3-5,9,12,15,20H2,1-2H3/b8-7-,11-10-,14-13-,17-16-,18-6-,21-19+/t22-/m1/s1. The van der Waals surface area contributed by atoms with Gasteiger partial charge in [0.1, 0.15) is 0 Å². The first kappa shape index (κ1) is 21.4. The summed E-state index contributed by atoms with van der Waals surface area (Å²) in [4.78, 5) is 0. The molecule has 23 heavy (non-hydrogen) atoms. The van der Waals surface area contributed by atoms with Crippen molar-refractivity contribution in [3.05, 3.63) is 72.9 Å². The van der Waals surface area contributed by atoms with Crippen LogP contribution in [-0.4, -0.2) is 11.2 Å². The van der Waals surface area contributed by atoms with Crippen LogP contribution in [0.2, 0.25) is 0 Å². The molecule has 0 aromatic heterocycles. The molecular formula is C22H34O. The molecule has 1 N–H and O–H groups in total. The molecule has 0 spiro atoms. The second kappa shape index (κ2) is 18.4. The van der Waals surface area contributed by atoms with Crippen LogP contribution in [0.4, 0.5) is 0 Å². The number of hydrogen-bond donors (Lipinski definition) is 1. The zero-order chi connectivity index (χ0) is 17.0. The molecule has 128 valence electrons. The molecule has 0 bridgehead atoms. The van der Waals surface area contributed by atoms with E-state index in [1.807, 2.05) is 24.3 Å². The zero-order valence-corrected chi connectivity index (χ0v) is 14.9. The maximum Gasteiger partial charge on any atom is 0.0758 e. The van der Waals surface area contributed by atoms with Crippen LogP contribution < -0.4 is 0 Å². The molecule has 0 aliphatic rings. The first-order chi connectivity index (χ1) is 11.3. The Labute approximate surface area is 143 Å². The van der Waals surface area contributed by atoms with Crippen LogP contribution >= 0.6 is 0 Å². The van der Waals surface area contributed by atoms with Gasteiger partial charge in [0.25, 0.3) is 0 Å². The fraction of sp³-hybridized carbons (Fsp3) is 0.455. The summed E-state index contributed by atoms with van der Waals surface area (Å²) in [5, 5.41) is 9.67. The van der Waals surface area contributed by atoms with E-state index in [0.29, 0.717) is 6.42 Å². The molecule has 0 saturated carbocycles. The monoisotopic (exact) mass is 314 g/mol. The molecule has 1 heteroatoms. The van der Waals surface area contributed by atoms with Gasteiger partial charge in [0, 0.05) is 0 Å². The molecule has 0 radical (unpaired) electrons.